The molecule has 0 aliphatic carbocycles. The lowest BCUT2D eigenvalue weighted by Crippen LogP contribution is -2.29. The quantitative estimate of drug-likeness (QED) is 0.751. The van der Waals surface area contributed by atoms with Gasteiger partial charge >= 0.3 is 0 Å². The predicted molar refractivity (Wildman–Crippen MR) is 56.2 cm³/mol. The van der Waals surface area contributed by atoms with Crippen molar-refractivity contribution in [2.45, 2.75) is 25.8 Å². The van der Waals surface area contributed by atoms with Gasteiger partial charge in [-0.3, -0.25) is 9.88 Å². The van der Waals surface area contributed by atoms with Crippen LogP contribution >= 0.6 is 11.6 Å². The minimum atomic E-state index is 0.465. The summed E-state index contributed by atoms with van der Waals surface area (Å²) in [6, 6.07) is 0. The molecule has 4 heteroatoms. The second kappa shape index (κ2) is 4.71. The van der Waals surface area contributed by atoms with Crippen LogP contribution in [0.2, 0.25) is 5.15 Å². The molecule has 0 saturated carbocycles. The molecule has 0 amide bonds. The summed E-state index contributed by atoms with van der Waals surface area (Å²) in [6.45, 7) is 3.28. The molecule has 0 N–H and O–H groups in total. The Kier molecular flexibility index (Phi) is 3.32. The van der Waals surface area contributed by atoms with Crippen LogP contribution < -0.4 is 0 Å². The average Bonchev–Trinajstić information content (AvgIpc) is 2.23. The van der Waals surface area contributed by atoms with E-state index in [1.54, 1.807) is 12.4 Å². The molecule has 1 fully saturated rings. The number of hydrogen-bond acceptors (Lipinski definition) is 3. The van der Waals surface area contributed by atoms with Gasteiger partial charge in [0.25, 0.3) is 0 Å². The van der Waals surface area contributed by atoms with Crippen molar-refractivity contribution < 1.29 is 0 Å². The Bertz CT molecular complexity index is 280. The maximum Gasteiger partial charge on any atom is 0.147 e. The molecule has 3 nitrogen and oxygen atoms in total. The third kappa shape index (κ3) is 2.66. The van der Waals surface area contributed by atoms with Crippen LogP contribution in [0.25, 0.3) is 0 Å². The fourth-order valence-corrected chi connectivity index (χ4v) is 1.86. The Hall–Kier alpha value is -0.670. The van der Waals surface area contributed by atoms with Crippen molar-refractivity contribution in [3.05, 3.63) is 23.2 Å². The smallest absolute Gasteiger partial charge is 0.147 e. The Morgan fingerprint density at radius 2 is 1.93 bits per heavy atom. The second-order valence-electron chi connectivity index (χ2n) is 3.67. The molecular formula is C10H14ClN3. The van der Waals surface area contributed by atoms with Gasteiger partial charge < -0.3 is 0 Å². The highest BCUT2D eigenvalue weighted by Crippen LogP contribution is 2.11. The van der Waals surface area contributed by atoms with Gasteiger partial charge in [0.2, 0.25) is 0 Å². The van der Waals surface area contributed by atoms with Crippen molar-refractivity contribution in [3.63, 3.8) is 0 Å². The fourth-order valence-electron chi connectivity index (χ4n) is 1.77. The van der Waals surface area contributed by atoms with Gasteiger partial charge in [0.15, 0.2) is 0 Å². The van der Waals surface area contributed by atoms with Gasteiger partial charge in [-0.2, -0.15) is 0 Å². The number of hydrogen-bond donors (Lipinski definition) is 0. The topological polar surface area (TPSA) is 29.0 Å². The molecule has 0 atom stereocenters. The average molecular weight is 212 g/mol. The van der Waals surface area contributed by atoms with E-state index in [0.717, 1.165) is 12.2 Å². The molecule has 1 aromatic rings. The van der Waals surface area contributed by atoms with E-state index in [1.165, 1.54) is 32.4 Å². The van der Waals surface area contributed by atoms with Crippen molar-refractivity contribution in [1.82, 2.24) is 14.9 Å². The van der Waals surface area contributed by atoms with E-state index in [0.29, 0.717) is 5.15 Å². The van der Waals surface area contributed by atoms with Crippen LogP contribution in [0.3, 0.4) is 0 Å². The normalized spacial score (nSPS) is 18.4. The van der Waals surface area contributed by atoms with E-state index in [1.807, 2.05) is 0 Å². The predicted octanol–water partition coefficient (Wildman–Crippen LogP) is 2.12. The molecule has 2 heterocycles. The second-order valence-corrected chi connectivity index (χ2v) is 4.05. The zero-order chi connectivity index (χ0) is 9.80. The number of piperidine rings is 1. The number of rotatable bonds is 2. The van der Waals surface area contributed by atoms with Gasteiger partial charge in [-0.15, -0.1) is 0 Å². The van der Waals surface area contributed by atoms with Crippen molar-refractivity contribution in [2.75, 3.05) is 13.1 Å². The minimum Gasteiger partial charge on any atom is -0.297 e. The molecule has 1 saturated heterocycles. The lowest BCUT2D eigenvalue weighted by molar-refractivity contribution is 0.218. The van der Waals surface area contributed by atoms with Crippen molar-refractivity contribution >= 4 is 11.6 Å². The number of nitrogens with zero attached hydrogens (tertiary/aromatic N) is 3. The van der Waals surface area contributed by atoms with E-state index in [-0.39, 0.29) is 0 Å². The van der Waals surface area contributed by atoms with Crippen LogP contribution in [0.5, 0.6) is 0 Å². The molecule has 14 heavy (non-hydrogen) atoms. The Morgan fingerprint density at radius 1 is 1.14 bits per heavy atom. The molecular weight excluding hydrogens is 198 g/mol. The maximum absolute atomic E-state index is 5.67. The molecule has 0 unspecified atom stereocenters. The van der Waals surface area contributed by atoms with Crippen molar-refractivity contribution in [1.29, 1.82) is 0 Å². The summed E-state index contributed by atoms with van der Waals surface area (Å²) < 4.78 is 0. The first-order chi connectivity index (χ1) is 6.84. The lowest BCUT2D eigenvalue weighted by Gasteiger charge is -2.25. The van der Waals surface area contributed by atoms with Crippen LogP contribution in [0.15, 0.2) is 12.4 Å². The van der Waals surface area contributed by atoms with Crippen molar-refractivity contribution in [2.24, 2.45) is 0 Å². The minimum absolute atomic E-state index is 0.465. The summed E-state index contributed by atoms with van der Waals surface area (Å²) in [5.41, 5.74) is 1.01. The van der Waals surface area contributed by atoms with Crippen LogP contribution in [-0.4, -0.2) is 28.0 Å². The molecule has 0 aromatic carbocycles. The zero-order valence-electron chi connectivity index (χ0n) is 8.12. The fraction of sp³-hybridized carbons (Fsp3) is 0.600. The molecule has 0 spiro atoms. The Labute approximate surface area is 89.1 Å². The first-order valence-corrected chi connectivity index (χ1v) is 5.41. The highest BCUT2D eigenvalue weighted by Gasteiger charge is 2.10. The summed E-state index contributed by atoms with van der Waals surface area (Å²) in [5.74, 6) is 0. The van der Waals surface area contributed by atoms with Crippen molar-refractivity contribution in [3.8, 4) is 0 Å². The Balaban J connectivity index is 1.92. The molecule has 1 aliphatic rings. The Morgan fingerprint density at radius 3 is 2.57 bits per heavy atom. The lowest BCUT2D eigenvalue weighted by atomic mass is 10.1. The summed E-state index contributed by atoms with van der Waals surface area (Å²) in [5, 5.41) is 0.465. The number of halogens is 1. The highest BCUT2D eigenvalue weighted by atomic mass is 35.5. The molecule has 0 radical (unpaired) electrons. The monoisotopic (exact) mass is 211 g/mol. The highest BCUT2D eigenvalue weighted by molar-refractivity contribution is 6.29. The van der Waals surface area contributed by atoms with Gasteiger partial charge in [-0.1, -0.05) is 18.0 Å². The first-order valence-electron chi connectivity index (χ1n) is 5.03. The van der Waals surface area contributed by atoms with Gasteiger partial charge in [0.1, 0.15) is 5.15 Å². The summed E-state index contributed by atoms with van der Waals surface area (Å²) in [4.78, 5) is 10.7. The van der Waals surface area contributed by atoms with E-state index >= 15 is 0 Å². The van der Waals surface area contributed by atoms with Gasteiger partial charge in [-0.25, -0.2) is 4.98 Å². The number of aromatic nitrogens is 2. The third-order valence-corrected chi connectivity index (χ3v) is 2.70. The molecule has 2 rings (SSSR count). The summed E-state index contributed by atoms with van der Waals surface area (Å²) in [7, 11) is 0. The van der Waals surface area contributed by atoms with E-state index in [9.17, 15) is 0 Å². The van der Waals surface area contributed by atoms with Gasteiger partial charge in [0, 0.05) is 6.54 Å². The summed E-state index contributed by atoms with van der Waals surface area (Å²) >= 11 is 5.67. The van der Waals surface area contributed by atoms with Crippen LogP contribution in [0.4, 0.5) is 0 Å². The summed E-state index contributed by atoms with van der Waals surface area (Å²) in [6.07, 6.45) is 7.35. The van der Waals surface area contributed by atoms with Crippen LogP contribution in [-0.2, 0) is 6.54 Å². The van der Waals surface area contributed by atoms with Crippen LogP contribution in [0, 0.1) is 0 Å². The zero-order valence-corrected chi connectivity index (χ0v) is 8.87. The van der Waals surface area contributed by atoms with Gasteiger partial charge in [-0.05, 0) is 25.9 Å². The molecule has 0 bridgehead atoms. The first kappa shape index (κ1) is 9.87. The number of likely N-dealkylation sites (tertiary alicyclic amines) is 1. The third-order valence-electron chi connectivity index (χ3n) is 2.51. The maximum atomic E-state index is 5.67. The SMILES string of the molecule is Clc1cnc(CN2CCCCC2)cn1. The molecule has 76 valence electrons. The van der Waals surface area contributed by atoms with E-state index in [2.05, 4.69) is 14.9 Å². The standard InChI is InChI=1S/C10H14ClN3/c11-10-7-12-9(6-13-10)8-14-4-2-1-3-5-14/h6-7H,1-5,8H2. The molecule has 1 aliphatic heterocycles. The molecule has 1 aromatic heterocycles. The largest absolute Gasteiger partial charge is 0.297 e. The van der Waals surface area contributed by atoms with E-state index < -0.39 is 0 Å². The van der Waals surface area contributed by atoms with E-state index in [4.69, 9.17) is 11.6 Å². The van der Waals surface area contributed by atoms with Crippen LogP contribution in [0.1, 0.15) is 25.0 Å². The van der Waals surface area contributed by atoms with Gasteiger partial charge in [0.05, 0.1) is 18.1 Å².